The minimum absolute atomic E-state index is 0.192. The second-order valence-electron chi connectivity index (χ2n) is 0.787. The van der Waals surface area contributed by atoms with Crippen molar-refractivity contribution in [2.24, 2.45) is 0 Å². The van der Waals surface area contributed by atoms with Crippen molar-refractivity contribution >= 4 is 0 Å². The number of allylic oxidation sites excluding steroid dienone is 4. The highest BCUT2D eigenvalue weighted by Gasteiger charge is 1.47. The molecule has 0 heteroatoms. The lowest BCUT2D eigenvalue weighted by Crippen LogP contribution is -1.38. The van der Waals surface area contributed by atoms with Gasteiger partial charge in [0.05, 0.1) is 2.74 Å². The van der Waals surface area contributed by atoms with Crippen molar-refractivity contribution in [1.29, 1.82) is 0 Å². The highest BCUT2D eigenvalue weighted by molar-refractivity contribution is 5.05. The molecular weight excluding hydrogens is 72.1 g/mol. The first-order chi connectivity index (χ1) is 3.77. The highest BCUT2D eigenvalue weighted by atomic mass is 13.5. The van der Waals surface area contributed by atoms with E-state index in [0.717, 1.165) is 0 Å². The van der Waals surface area contributed by atoms with Crippen LogP contribution in [0.25, 0.3) is 0 Å². The molecule has 0 unspecified atom stereocenters. The Morgan fingerprint density at radius 1 is 1.33 bits per heavy atom. The van der Waals surface area contributed by atoms with Gasteiger partial charge >= 0.3 is 0 Å². The summed E-state index contributed by atoms with van der Waals surface area (Å²) in [7, 11) is 0. The molecule has 0 aliphatic heterocycles. The zero-order valence-electron chi connectivity index (χ0n) is 5.52. The zero-order chi connectivity index (χ0) is 6.41. The summed E-state index contributed by atoms with van der Waals surface area (Å²) in [6.07, 6.45) is 6.24. The van der Waals surface area contributed by atoms with E-state index in [1.54, 1.807) is 18.2 Å². The SMILES string of the molecule is [2H]C([2H])=C/C=C/C=C. The van der Waals surface area contributed by atoms with Gasteiger partial charge in [0.25, 0.3) is 0 Å². The fourth-order valence-corrected chi connectivity index (χ4v) is 0.134. The minimum atomic E-state index is -0.192. The first kappa shape index (κ1) is 2.40. The summed E-state index contributed by atoms with van der Waals surface area (Å²) in [5, 5.41) is 0. The summed E-state index contributed by atoms with van der Waals surface area (Å²) >= 11 is 0. The molecule has 0 bridgehead atoms. The fraction of sp³-hybridized carbons (Fsp3) is 0. The third kappa shape index (κ3) is 3.22. The van der Waals surface area contributed by atoms with Crippen molar-refractivity contribution in [2.45, 2.75) is 0 Å². The van der Waals surface area contributed by atoms with Gasteiger partial charge in [-0.25, -0.2) is 0 Å². The van der Waals surface area contributed by atoms with Crippen molar-refractivity contribution in [2.75, 3.05) is 0 Å². The van der Waals surface area contributed by atoms with Crippen molar-refractivity contribution < 1.29 is 2.74 Å². The molecule has 0 aliphatic rings. The van der Waals surface area contributed by atoms with Crippen LogP contribution >= 0.6 is 0 Å². The largest absolute Gasteiger partial charge is 0.0991 e. The maximum absolute atomic E-state index is 6.60. The molecule has 0 amide bonds. The van der Waals surface area contributed by atoms with Gasteiger partial charge in [-0.1, -0.05) is 37.4 Å². The molecule has 0 aromatic heterocycles. The van der Waals surface area contributed by atoms with Crippen LogP contribution in [0.2, 0.25) is 0 Å². The van der Waals surface area contributed by atoms with E-state index in [4.69, 9.17) is 2.74 Å². The van der Waals surface area contributed by atoms with Gasteiger partial charge in [0.2, 0.25) is 0 Å². The van der Waals surface area contributed by atoms with Crippen LogP contribution in [0, 0.1) is 0 Å². The average Bonchev–Trinajstić information content (AvgIpc) is 1.66. The van der Waals surface area contributed by atoms with Gasteiger partial charge in [0.15, 0.2) is 0 Å². The maximum Gasteiger partial charge on any atom is 0.0538 e. The number of hydrogen-bond acceptors (Lipinski definition) is 0. The first-order valence-corrected chi connectivity index (χ1v) is 1.70. The van der Waals surface area contributed by atoms with Gasteiger partial charge in [-0.05, 0) is 0 Å². The van der Waals surface area contributed by atoms with E-state index in [-0.39, 0.29) is 6.53 Å². The summed E-state index contributed by atoms with van der Waals surface area (Å²) in [6.45, 7) is 3.23. The molecule has 0 radical (unpaired) electrons. The monoisotopic (exact) mass is 82.1 g/mol. The molecule has 6 heavy (non-hydrogen) atoms. The molecule has 0 N–H and O–H groups in total. The van der Waals surface area contributed by atoms with Gasteiger partial charge in [0.1, 0.15) is 0 Å². The molecule has 32 valence electrons. The summed E-state index contributed by atoms with van der Waals surface area (Å²) in [5.74, 6) is 0. The number of rotatable bonds is 2. The van der Waals surface area contributed by atoms with Gasteiger partial charge in [-0.3, -0.25) is 0 Å². The van der Waals surface area contributed by atoms with Gasteiger partial charge < -0.3 is 0 Å². The molecule has 0 saturated carbocycles. The van der Waals surface area contributed by atoms with Crippen molar-refractivity contribution in [1.82, 2.24) is 0 Å². The molecule has 0 aromatic carbocycles. The lowest BCUT2D eigenvalue weighted by atomic mass is 10.5. The molecule has 0 aromatic rings. The molecule has 0 rings (SSSR count). The van der Waals surface area contributed by atoms with Crippen LogP contribution in [0.1, 0.15) is 2.74 Å². The predicted molar refractivity (Wildman–Crippen MR) is 29.5 cm³/mol. The Morgan fingerprint density at radius 3 is 2.50 bits per heavy atom. The van der Waals surface area contributed by atoms with E-state index < -0.39 is 0 Å². The molecular formula is C6H8. The summed E-state index contributed by atoms with van der Waals surface area (Å²) in [5.41, 5.74) is 0. The van der Waals surface area contributed by atoms with Crippen molar-refractivity contribution in [3.8, 4) is 0 Å². The Kier molecular flexibility index (Phi) is 1.69. The van der Waals surface area contributed by atoms with E-state index >= 15 is 0 Å². The summed E-state index contributed by atoms with van der Waals surface area (Å²) in [6, 6.07) is 0. The van der Waals surface area contributed by atoms with Crippen LogP contribution in [0.5, 0.6) is 0 Å². The standard InChI is InChI=1S/C6H8/c1-3-5-6-4-2/h3-6H,1-2H2/b6-5+/i1D2. The summed E-state index contributed by atoms with van der Waals surface area (Å²) in [4.78, 5) is 0. The Bertz CT molecular complexity index is 118. The van der Waals surface area contributed by atoms with Crippen molar-refractivity contribution in [3.05, 3.63) is 37.4 Å². The minimum Gasteiger partial charge on any atom is -0.0991 e. The Hall–Kier alpha value is -0.780. The zero-order valence-corrected chi connectivity index (χ0v) is 3.52. The molecule has 0 fully saturated rings. The Balaban J connectivity index is 3.57. The van der Waals surface area contributed by atoms with E-state index in [0.29, 0.717) is 0 Å². The topological polar surface area (TPSA) is 0 Å². The molecule has 0 spiro atoms. The Morgan fingerprint density at radius 2 is 2.00 bits per heavy atom. The van der Waals surface area contributed by atoms with Crippen LogP contribution in [-0.4, -0.2) is 0 Å². The summed E-state index contributed by atoms with van der Waals surface area (Å²) < 4.78 is 13.2. The normalized spacial score (nSPS) is 12.7. The molecule has 0 saturated heterocycles. The second kappa shape index (κ2) is 4.22. The predicted octanol–water partition coefficient (Wildman–Crippen LogP) is 1.91. The second-order valence-corrected chi connectivity index (χ2v) is 0.787. The quantitative estimate of drug-likeness (QED) is 0.446. The fourth-order valence-electron chi connectivity index (χ4n) is 0.134. The molecule has 0 heterocycles. The van der Waals surface area contributed by atoms with Gasteiger partial charge in [-0.2, -0.15) is 0 Å². The van der Waals surface area contributed by atoms with Crippen LogP contribution in [0.4, 0.5) is 0 Å². The lowest BCUT2D eigenvalue weighted by Gasteiger charge is -1.60. The van der Waals surface area contributed by atoms with Crippen LogP contribution in [0.15, 0.2) is 37.4 Å². The molecule has 0 aliphatic carbocycles. The van der Waals surface area contributed by atoms with E-state index in [1.165, 1.54) is 6.08 Å². The van der Waals surface area contributed by atoms with Gasteiger partial charge in [-0.15, -0.1) is 0 Å². The third-order valence-corrected chi connectivity index (χ3v) is 0.343. The van der Waals surface area contributed by atoms with E-state index in [9.17, 15) is 0 Å². The van der Waals surface area contributed by atoms with E-state index in [1.807, 2.05) is 0 Å². The highest BCUT2D eigenvalue weighted by Crippen LogP contribution is 1.69. The van der Waals surface area contributed by atoms with Crippen molar-refractivity contribution in [3.63, 3.8) is 0 Å². The molecule has 0 atom stereocenters. The van der Waals surface area contributed by atoms with Crippen LogP contribution < -0.4 is 0 Å². The molecule has 0 nitrogen and oxygen atoms in total. The third-order valence-electron chi connectivity index (χ3n) is 0.343. The maximum atomic E-state index is 6.60. The smallest absolute Gasteiger partial charge is 0.0538 e. The lowest BCUT2D eigenvalue weighted by molar-refractivity contribution is 1.98. The first-order valence-electron chi connectivity index (χ1n) is 2.70. The van der Waals surface area contributed by atoms with E-state index in [2.05, 4.69) is 6.58 Å². The van der Waals surface area contributed by atoms with Crippen LogP contribution in [-0.2, 0) is 0 Å². The average molecular weight is 82.1 g/mol. The van der Waals surface area contributed by atoms with Crippen LogP contribution in [0.3, 0.4) is 0 Å². The van der Waals surface area contributed by atoms with Gasteiger partial charge in [0, 0.05) is 0 Å². The number of hydrogen-bond donors (Lipinski definition) is 0. The Labute approximate surface area is 41.3 Å².